The van der Waals surface area contributed by atoms with Gasteiger partial charge in [-0.1, -0.05) is 30.3 Å². The van der Waals surface area contributed by atoms with Gasteiger partial charge in [0.05, 0.1) is 26.4 Å². The van der Waals surface area contributed by atoms with E-state index in [-0.39, 0.29) is 26.3 Å². The molecule has 0 radical (unpaired) electrons. The summed E-state index contributed by atoms with van der Waals surface area (Å²) in [5.41, 5.74) is 0.838. The number of esters is 1. The molecule has 0 bridgehead atoms. The van der Waals surface area contributed by atoms with E-state index >= 15 is 0 Å². The lowest BCUT2D eigenvalue weighted by Crippen LogP contribution is -2.44. The summed E-state index contributed by atoms with van der Waals surface area (Å²) in [6, 6.07) is 9.18. The molecule has 28 heavy (non-hydrogen) atoms. The Hall–Kier alpha value is -2.65. The third kappa shape index (κ3) is 6.82. The Morgan fingerprint density at radius 3 is 2.54 bits per heavy atom. The topological polar surface area (TPSA) is 112 Å². The predicted octanol–water partition coefficient (Wildman–Crippen LogP) is 0.970. The van der Waals surface area contributed by atoms with E-state index in [1.54, 1.807) is 13.8 Å². The van der Waals surface area contributed by atoms with Crippen molar-refractivity contribution in [3.8, 4) is 0 Å². The van der Waals surface area contributed by atoms with Crippen LogP contribution in [0, 0.1) is 5.92 Å². The minimum absolute atomic E-state index is 0.00361. The third-order valence-corrected chi connectivity index (χ3v) is 4.11. The van der Waals surface area contributed by atoms with Crippen LogP contribution in [-0.4, -0.2) is 56.7 Å². The molecule has 2 amide bonds. The van der Waals surface area contributed by atoms with Crippen molar-refractivity contribution in [2.75, 3.05) is 26.8 Å². The molecule has 2 N–H and O–H groups in total. The molecular formula is C19H26N2O7. The Balaban J connectivity index is 1.73. The average molecular weight is 394 g/mol. The molecule has 1 aliphatic heterocycles. The van der Waals surface area contributed by atoms with Crippen LogP contribution in [0.15, 0.2) is 30.3 Å². The fraction of sp³-hybridized carbons (Fsp3) is 0.526. The van der Waals surface area contributed by atoms with E-state index in [1.807, 2.05) is 30.3 Å². The molecule has 9 nitrogen and oxygen atoms in total. The lowest BCUT2D eigenvalue weighted by molar-refractivity contribution is -0.161. The first-order chi connectivity index (χ1) is 13.3. The molecule has 0 aromatic heterocycles. The van der Waals surface area contributed by atoms with Gasteiger partial charge in [0.25, 0.3) is 0 Å². The van der Waals surface area contributed by atoms with E-state index in [0.29, 0.717) is 0 Å². The molecule has 1 fully saturated rings. The van der Waals surface area contributed by atoms with Crippen LogP contribution < -0.4 is 10.6 Å². The number of nitrogens with one attached hydrogen (secondary N) is 2. The number of rotatable bonds is 8. The minimum atomic E-state index is -0.801. The summed E-state index contributed by atoms with van der Waals surface area (Å²) < 4.78 is 20.9. The summed E-state index contributed by atoms with van der Waals surface area (Å²) >= 11 is 0. The van der Waals surface area contributed by atoms with Crippen LogP contribution in [0.1, 0.15) is 19.4 Å². The standard InChI is InChI=1S/C19H26N2O7/c1-19(2)27-12-15(28-19)14(17(23)25-3)9-20-16(22)10-21-18(24)26-11-13-7-5-4-6-8-13/h4-8,14-15H,9-12H2,1-3H3,(H,20,22)(H,21,24)/t14-,15+/m0/s1. The van der Waals surface area contributed by atoms with Gasteiger partial charge in [-0.3, -0.25) is 9.59 Å². The number of carbonyl (C=O) groups excluding carboxylic acids is 3. The monoisotopic (exact) mass is 394 g/mol. The number of methoxy groups -OCH3 is 1. The van der Waals surface area contributed by atoms with Crippen LogP contribution in [0.25, 0.3) is 0 Å². The lowest BCUT2D eigenvalue weighted by Gasteiger charge is -2.22. The molecule has 0 spiro atoms. The minimum Gasteiger partial charge on any atom is -0.469 e. The van der Waals surface area contributed by atoms with Crippen molar-refractivity contribution >= 4 is 18.0 Å². The van der Waals surface area contributed by atoms with Gasteiger partial charge < -0.3 is 29.6 Å². The van der Waals surface area contributed by atoms with Crippen molar-refractivity contribution in [1.82, 2.24) is 10.6 Å². The number of carbonyl (C=O) groups is 3. The molecule has 1 aromatic carbocycles. The summed E-state index contributed by atoms with van der Waals surface area (Å²) in [4.78, 5) is 35.7. The van der Waals surface area contributed by atoms with E-state index in [0.717, 1.165) is 5.56 Å². The molecule has 9 heteroatoms. The first kappa shape index (κ1) is 21.6. The summed E-state index contributed by atoms with van der Waals surface area (Å²) in [5.74, 6) is -2.50. The Morgan fingerprint density at radius 2 is 1.93 bits per heavy atom. The lowest BCUT2D eigenvalue weighted by atomic mass is 10.0. The molecule has 0 aliphatic carbocycles. The van der Waals surface area contributed by atoms with Crippen molar-refractivity contribution in [1.29, 1.82) is 0 Å². The van der Waals surface area contributed by atoms with E-state index in [2.05, 4.69) is 10.6 Å². The maximum Gasteiger partial charge on any atom is 0.407 e. The molecule has 1 aliphatic rings. The second kappa shape index (κ2) is 10.0. The molecule has 0 saturated carbocycles. The van der Waals surface area contributed by atoms with Crippen LogP contribution in [0.3, 0.4) is 0 Å². The zero-order valence-electron chi connectivity index (χ0n) is 16.2. The van der Waals surface area contributed by atoms with Crippen LogP contribution in [0.4, 0.5) is 4.79 Å². The van der Waals surface area contributed by atoms with Gasteiger partial charge in [0.2, 0.25) is 5.91 Å². The van der Waals surface area contributed by atoms with E-state index in [4.69, 9.17) is 18.9 Å². The number of alkyl carbamates (subject to hydrolysis) is 1. The third-order valence-electron chi connectivity index (χ3n) is 4.11. The highest BCUT2D eigenvalue weighted by atomic mass is 16.7. The highest BCUT2D eigenvalue weighted by Gasteiger charge is 2.41. The average Bonchev–Trinajstić information content (AvgIpc) is 3.04. The number of benzene rings is 1. The number of hydrogen-bond donors (Lipinski definition) is 2. The number of amides is 2. The molecule has 2 atom stereocenters. The molecule has 1 aromatic rings. The molecule has 0 unspecified atom stereocenters. The SMILES string of the molecule is COC(=O)[C@@H](CNC(=O)CNC(=O)OCc1ccccc1)[C@H]1COC(C)(C)O1. The Kier molecular flexibility index (Phi) is 7.77. The predicted molar refractivity (Wildman–Crippen MR) is 98.0 cm³/mol. The molecule has 154 valence electrons. The van der Waals surface area contributed by atoms with Crippen LogP contribution in [-0.2, 0) is 35.1 Å². The van der Waals surface area contributed by atoms with E-state index in [9.17, 15) is 14.4 Å². The van der Waals surface area contributed by atoms with Crippen LogP contribution in [0.2, 0.25) is 0 Å². The van der Waals surface area contributed by atoms with Gasteiger partial charge in [0.15, 0.2) is 5.79 Å². The smallest absolute Gasteiger partial charge is 0.407 e. The fourth-order valence-electron chi connectivity index (χ4n) is 2.64. The van der Waals surface area contributed by atoms with Gasteiger partial charge in [0.1, 0.15) is 12.5 Å². The molecule has 1 heterocycles. The van der Waals surface area contributed by atoms with Crippen LogP contribution >= 0.6 is 0 Å². The largest absolute Gasteiger partial charge is 0.469 e. The first-order valence-electron chi connectivity index (χ1n) is 8.91. The zero-order valence-corrected chi connectivity index (χ0v) is 16.2. The van der Waals surface area contributed by atoms with Gasteiger partial charge in [-0.25, -0.2) is 4.79 Å². The highest BCUT2D eigenvalue weighted by molar-refractivity contribution is 5.82. The summed E-state index contributed by atoms with van der Waals surface area (Å²) in [7, 11) is 1.27. The quantitative estimate of drug-likeness (QED) is 0.632. The van der Waals surface area contributed by atoms with Crippen molar-refractivity contribution in [3.63, 3.8) is 0 Å². The fourth-order valence-corrected chi connectivity index (χ4v) is 2.64. The van der Waals surface area contributed by atoms with E-state index in [1.165, 1.54) is 7.11 Å². The summed E-state index contributed by atoms with van der Waals surface area (Å²) in [5, 5.41) is 4.94. The maximum atomic E-state index is 12.0. The Morgan fingerprint density at radius 1 is 1.21 bits per heavy atom. The van der Waals surface area contributed by atoms with Gasteiger partial charge >= 0.3 is 12.1 Å². The highest BCUT2D eigenvalue weighted by Crippen LogP contribution is 2.27. The van der Waals surface area contributed by atoms with Gasteiger partial charge in [-0.15, -0.1) is 0 Å². The van der Waals surface area contributed by atoms with Gasteiger partial charge in [-0.05, 0) is 19.4 Å². The normalized spacial score (nSPS) is 18.8. The summed E-state index contributed by atoms with van der Waals surface area (Å²) in [6.45, 7) is 3.52. The van der Waals surface area contributed by atoms with Crippen molar-refractivity contribution < 1.29 is 33.3 Å². The van der Waals surface area contributed by atoms with Gasteiger partial charge in [0, 0.05) is 6.54 Å². The second-order valence-corrected chi connectivity index (χ2v) is 6.72. The van der Waals surface area contributed by atoms with Crippen molar-refractivity contribution in [2.24, 2.45) is 5.92 Å². The maximum absolute atomic E-state index is 12.0. The van der Waals surface area contributed by atoms with Gasteiger partial charge in [-0.2, -0.15) is 0 Å². The van der Waals surface area contributed by atoms with Crippen molar-refractivity contribution in [3.05, 3.63) is 35.9 Å². The van der Waals surface area contributed by atoms with Crippen LogP contribution in [0.5, 0.6) is 0 Å². The molecular weight excluding hydrogens is 368 g/mol. The number of hydrogen-bond acceptors (Lipinski definition) is 7. The van der Waals surface area contributed by atoms with Crippen molar-refractivity contribution in [2.45, 2.75) is 32.3 Å². The second-order valence-electron chi connectivity index (χ2n) is 6.72. The zero-order chi connectivity index (χ0) is 20.6. The number of ether oxygens (including phenoxy) is 4. The Labute approximate surface area is 163 Å². The first-order valence-corrected chi connectivity index (χ1v) is 8.91. The molecule has 2 rings (SSSR count). The molecule has 1 saturated heterocycles. The summed E-state index contributed by atoms with van der Waals surface area (Å²) in [6.07, 6.45) is -1.25. The Bertz CT molecular complexity index is 678. The van der Waals surface area contributed by atoms with E-state index < -0.39 is 35.8 Å².